The highest BCUT2D eigenvalue weighted by molar-refractivity contribution is 7.14. The minimum Gasteiger partial charge on any atom is -0.337 e. The van der Waals surface area contributed by atoms with Gasteiger partial charge in [0.2, 0.25) is 0 Å². The van der Waals surface area contributed by atoms with Crippen LogP contribution in [-0.2, 0) is 0 Å². The zero-order valence-corrected chi connectivity index (χ0v) is 10.2. The van der Waals surface area contributed by atoms with Gasteiger partial charge in [-0.1, -0.05) is 17.7 Å². The van der Waals surface area contributed by atoms with Crippen molar-refractivity contribution in [3.05, 3.63) is 40.2 Å². The summed E-state index contributed by atoms with van der Waals surface area (Å²) >= 11 is 7.68. The fraction of sp³-hybridized carbons (Fsp3) is 0.0833. The van der Waals surface area contributed by atoms with Crippen molar-refractivity contribution in [3.8, 4) is 10.7 Å². The standard InChI is InChI=1S/C12H9ClN2S/c1-7-2-3-9-10(6-7)15-12(14-9)11-8(13)4-5-16-11/h2-6H,1H3,(H,14,15). The lowest BCUT2D eigenvalue weighted by Crippen LogP contribution is -1.74. The highest BCUT2D eigenvalue weighted by Crippen LogP contribution is 2.32. The molecule has 0 aliphatic rings. The molecule has 3 rings (SSSR count). The second-order valence-electron chi connectivity index (χ2n) is 3.70. The molecule has 2 nitrogen and oxygen atoms in total. The summed E-state index contributed by atoms with van der Waals surface area (Å²) in [4.78, 5) is 8.82. The molecule has 0 spiro atoms. The van der Waals surface area contributed by atoms with Crippen LogP contribution < -0.4 is 0 Å². The van der Waals surface area contributed by atoms with E-state index in [9.17, 15) is 0 Å². The van der Waals surface area contributed by atoms with Crippen LogP contribution in [0.3, 0.4) is 0 Å². The fourth-order valence-corrected chi connectivity index (χ4v) is 2.78. The van der Waals surface area contributed by atoms with Crippen molar-refractivity contribution in [2.24, 2.45) is 0 Å². The lowest BCUT2D eigenvalue weighted by Gasteiger charge is -1.90. The number of fused-ring (bicyclic) bond motifs is 1. The third kappa shape index (κ3) is 1.52. The van der Waals surface area contributed by atoms with Gasteiger partial charge in [-0.3, -0.25) is 0 Å². The van der Waals surface area contributed by atoms with Crippen LogP contribution in [0.1, 0.15) is 5.56 Å². The summed E-state index contributed by atoms with van der Waals surface area (Å²) < 4.78 is 0. The third-order valence-electron chi connectivity index (χ3n) is 2.47. The first-order valence-corrected chi connectivity index (χ1v) is 6.19. The molecule has 0 fully saturated rings. The smallest absolute Gasteiger partial charge is 0.150 e. The quantitative estimate of drug-likeness (QED) is 0.685. The number of aryl methyl sites for hydroxylation is 1. The van der Waals surface area contributed by atoms with Gasteiger partial charge in [0.05, 0.1) is 20.9 Å². The van der Waals surface area contributed by atoms with E-state index in [1.54, 1.807) is 11.3 Å². The molecule has 3 aromatic rings. The first-order chi connectivity index (χ1) is 7.74. The minimum atomic E-state index is 0.751. The SMILES string of the molecule is Cc1ccc2nc(-c3sccc3Cl)[nH]c2c1. The van der Waals surface area contributed by atoms with E-state index in [1.807, 2.05) is 17.5 Å². The monoisotopic (exact) mass is 248 g/mol. The number of halogens is 1. The lowest BCUT2D eigenvalue weighted by atomic mass is 10.2. The van der Waals surface area contributed by atoms with Gasteiger partial charge in [-0.25, -0.2) is 4.98 Å². The molecule has 2 aromatic heterocycles. The van der Waals surface area contributed by atoms with Crippen LogP contribution in [0, 0.1) is 6.92 Å². The van der Waals surface area contributed by atoms with Crippen molar-refractivity contribution in [1.29, 1.82) is 0 Å². The Kier molecular flexibility index (Phi) is 2.23. The average Bonchev–Trinajstić information content (AvgIpc) is 2.82. The van der Waals surface area contributed by atoms with Crippen molar-refractivity contribution < 1.29 is 0 Å². The van der Waals surface area contributed by atoms with E-state index in [-0.39, 0.29) is 0 Å². The Morgan fingerprint density at radius 3 is 2.94 bits per heavy atom. The summed E-state index contributed by atoms with van der Waals surface area (Å²) in [6, 6.07) is 8.06. The van der Waals surface area contributed by atoms with E-state index in [0.29, 0.717) is 0 Å². The Labute approximate surface area is 102 Å². The van der Waals surface area contributed by atoms with E-state index in [2.05, 4.69) is 29.0 Å². The molecule has 0 radical (unpaired) electrons. The third-order valence-corrected chi connectivity index (χ3v) is 3.82. The van der Waals surface area contributed by atoms with E-state index in [1.165, 1.54) is 5.56 Å². The fourth-order valence-electron chi connectivity index (χ4n) is 1.69. The number of benzene rings is 1. The Balaban J connectivity index is 2.23. The zero-order chi connectivity index (χ0) is 11.1. The Morgan fingerprint density at radius 2 is 2.19 bits per heavy atom. The molecule has 0 unspecified atom stereocenters. The molecular weight excluding hydrogens is 240 g/mol. The second-order valence-corrected chi connectivity index (χ2v) is 5.03. The summed E-state index contributed by atoms with van der Waals surface area (Å²) in [5, 5.41) is 2.72. The van der Waals surface area contributed by atoms with Gasteiger partial charge in [-0.2, -0.15) is 0 Å². The van der Waals surface area contributed by atoms with Crippen molar-refractivity contribution in [2.45, 2.75) is 6.92 Å². The topological polar surface area (TPSA) is 28.7 Å². The highest BCUT2D eigenvalue weighted by Gasteiger charge is 2.09. The van der Waals surface area contributed by atoms with Gasteiger partial charge in [-0.15, -0.1) is 11.3 Å². The number of rotatable bonds is 1. The number of aromatic amines is 1. The molecule has 1 aromatic carbocycles. The first-order valence-electron chi connectivity index (χ1n) is 4.94. The van der Waals surface area contributed by atoms with Crippen LogP contribution in [0.5, 0.6) is 0 Å². The normalized spacial score (nSPS) is 11.1. The Morgan fingerprint density at radius 1 is 1.31 bits per heavy atom. The molecule has 0 atom stereocenters. The van der Waals surface area contributed by atoms with E-state index < -0.39 is 0 Å². The molecule has 0 saturated heterocycles. The molecule has 4 heteroatoms. The van der Waals surface area contributed by atoms with Crippen LogP contribution in [0.15, 0.2) is 29.6 Å². The van der Waals surface area contributed by atoms with Gasteiger partial charge in [0.1, 0.15) is 5.82 Å². The molecular formula is C12H9ClN2S. The van der Waals surface area contributed by atoms with Gasteiger partial charge in [0.25, 0.3) is 0 Å². The number of H-pyrrole nitrogens is 1. The Bertz CT molecular complexity index is 654. The van der Waals surface area contributed by atoms with Crippen molar-refractivity contribution in [3.63, 3.8) is 0 Å². The largest absolute Gasteiger partial charge is 0.337 e. The maximum Gasteiger partial charge on any atom is 0.150 e. The number of hydrogen-bond donors (Lipinski definition) is 1. The van der Waals surface area contributed by atoms with Crippen LogP contribution >= 0.6 is 22.9 Å². The predicted molar refractivity (Wildman–Crippen MR) is 69.2 cm³/mol. The molecule has 0 aliphatic carbocycles. The van der Waals surface area contributed by atoms with Crippen LogP contribution in [0.4, 0.5) is 0 Å². The zero-order valence-electron chi connectivity index (χ0n) is 8.62. The number of nitrogens with one attached hydrogen (secondary N) is 1. The van der Waals surface area contributed by atoms with Crippen LogP contribution in [0.2, 0.25) is 5.02 Å². The predicted octanol–water partition coefficient (Wildman–Crippen LogP) is 4.25. The number of aromatic nitrogens is 2. The maximum absolute atomic E-state index is 6.08. The van der Waals surface area contributed by atoms with Crippen molar-refractivity contribution in [1.82, 2.24) is 9.97 Å². The average molecular weight is 249 g/mol. The molecule has 0 aliphatic heterocycles. The minimum absolute atomic E-state index is 0.751. The van der Waals surface area contributed by atoms with Gasteiger partial charge in [0, 0.05) is 0 Å². The highest BCUT2D eigenvalue weighted by atomic mass is 35.5. The lowest BCUT2D eigenvalue weighted by molar-refractivity contribution is 1.36. The molecule has 0 bridgehead atoms. The molecule has 2 heterocycles. The molecule has 16 heavy (non-hydrogen) atoms. The van der Waals surface area contributed by atoms with Crippen molar-refractivity contribution in [2.75, 3.05) is 0 Å². The summed E-state index contributed by atoms with van der Waals surface area (Å²) in [7, 11) is 0. The van der Waals surface area contributed by atoms with Gasteiger partial charge in [0.15, 0.2) is 0 Å². The first kappa shape index (κ1) is 9.87. The van der Waals surface area contributed by atoms with Crippen LogP contribution in [0.25, 0.3) is 21.7 Å². The number of nitrogens with zero attached hydrogens (tertiary/aromatic N) is 1. The second kappa shape index (κ2) is 3.61. The number of thiophene rings is 1. The van der Waals surface area contributed by atoms with E-state index >= 15 is 0 Å². The summed E-state index contributed by atoms with van der Waals surface area (Å²) in [6.45, 7) is 2.07. The van der Waals surface area contributed by atoms with E-state index in [4.69, 9.17) is 11.6 Å². The van der Waals surface area contributed by atoms with Crippen molar-refractivity contribution >= 4 is 34.0 Å². The molecule has 0 saturated carbocycles. The van der Waals surface area contributed by atoms with Gasteiger partial charge < -0.3 is 4.98 Å². The Hall–Kier alpha value is -1.32. The molecule has 1 N–H and O–H groups in total. The number of imidazole rings is 1. The molecule has 0 amide bonds. The maximum atomic E-state index is 6.08. The summed E-state index contributed by atoms with van der Waals surface area (Å²) in [5.74, 6) is 0.848. The van der Waals surface area contributed by atoms with Crippen LogP contribution in [-0.4, -0.2) is 9.97 Å². The molecule has 80 valence electrons. The number of hydrogen-bond acceptors (Lipinski definition) is 2. The van der Waals surface area contributed by atoms with E-state index in [0.717, 1.165) is 26.8 Å². The van der Waals surface area contributed by atoms with Gasteiger partial charge in [-0.05, 0) is 36.1 Å². The summed E-state index contributed by atoms with van der Waals surface area (Å²) in [5.41, 5.74) is 3.25. The summed E-state index contributed by atoms with van der Waals surface area (Å²) in [6.07, 6.45) is 0. The van der Waals surface area contributed by atoms with Gasteiger partial charge >= 0.3 is 0 Å².